The molecular formula is C9H16O3. The number of ether oxygens (including phenoxy) is 2. The molecule has 1 aliphatic rings. The molecule has 1 fully saturated rings. The van der Waals surface area contributed by atoms with E-state index in [0.29, 0.717) is 13.0 Å². The Hall–Kier alpha value is -0.410. The molecule has 3 nitrogen and oxygen atoms in total. The van der Waals surface area contributed by atoms with Crippen LogP contribution in [-0.2, 0) is 14.3 Å². The van der Waals surface area contributed by atoms with Crippen molar-refractivity contribution in [3.8, 4) is 0 Å². The van der Waals surface area contributed by atoms with Gasteiger partial charge in [0.15, 0.2) is 6.29 Å². The summed E-state index contributed by atoms with van der Waals surface area (Å²) in [6.45, 7) is 2.87. The number of carbonyl (C=O) groups excluding carboxylic acids is 1. The molecule has 0 aromatic rings. The average molecular weight is 172 g/mol. The molecule has 0 N–H and O–H groups in total. The van der Waals surface area contributed by atoms with Gasteiger partial charge in [0, 0.05) is 13.0 Å². The summed E-state index contributed by atoms with van der Waals surface area (Å²) in [5, 5.41) is 0. The Morgan fingerprint density at radius 3 is 3.00 bits per heavy atom. The monoisotopic (exact) mass is 172 g/mol. The Morgan fingerprint density at radius 1 is 1.58 bits per heavy atom. The fourth-order valence-corrected chi connectivity index (χ4v) is 1.18. The first-order valence-corrected chi connectivity index (χ1v) is 4.51. The molecule has 0 spiro atoms. The van der Waals surface area contributed by atoms with Crippen LogP contribution < -0.4 is 0 Å². The van der Waals surface area contributed by atoms with Crippen molar-refractivity contribution in [2.24, 2.45) is 0 Å². The number of ketones is 1. The molecule has 0 saturated carbocycles. The van der Waals surface area contributed by atoms with E-state index in [-0.39, 0.29) is 12.1 Å². The molecule has 0 unspecified atom stereocenters. The van der Waals surface area contributed by atoms with E-state index in [1.54, 1.807) is 6.92 Å². The summed E-state index contributed by atoms with van der Waals surface area (Å²) in [4.78, 5) is 10.6. The Labute approximate surface area is 73.0 Å². The third-order valence-electron chi connectivity index (χ3n) is 1.90. The lowest BCUT2D eigenvalue weighted by Gasteiger charge is -2.22. The van der Waals surface area contributed by atoms with Crippen molar-refractivity contribution in [3.05, 3.63) is 0 Å². The van der Waals surface area contributed by atoms with E-state index in [1.165, 1.54) is 6.42 Å². The predicted molar refractivity (Wildman–Crippen MR) is 44.8 cm³/mol. The second-order valence-corrected chi connectivity index (χ2v) is 3.12. The first kappa shape index (κ1) is 9.68. The van der Waals surface area contributed by atoms with Crippen LogP contribution in [0.4, 0.5) is 0 Å². The quantitative estimate of drug-likeness (QED) is 0.644. The van der Waals surface area contributed by atoms with Gasteiger partial charge in [-0.2, -0.15) is 0 Å². The third kappa shape index (κ3) is 3.83. The lowest BCUT2D eigenvalue weighted by molar-refractivity contribution is -0.163. The van der Waals surface area contributed by atoms with Crippen molar-refractivity contribution in [1.29, 1.82) is 0 Å². The standard InChI is InChI=1S/C9H16O3/c1-8(10)5-7-12-9-4-2-3-6-11-9/h9H,2-7H2,1H3/t9-/m0/s1. The first-order valence-electron chi connectivity index (χ1n) is 4.51. The van der Waals surface area contributed by atoms with E-state index in [1.807, 2.05) is 0 Å². The van der Waals surface area contributed by atoms with Gasteiger partial charge in [0.05, 0.1) is 6.61 Å². The highest BCUT2D eigenvalue weighted by molar-refractivity contribution is 5.75. The molecule has 0 radical (unpaired) electrons. The topological polar surface area (TPSA) is 35.5 Å². The summed E-state index contributed by atoms with van der Waals surface area (Å²) in [7, 11) is 0. The molecule has 0 amide bonds. The minimum absolute atomic E-state index is 0.0573. The van der Waals surface area contributed by atoms with Crippen LogP contribution in [0.5, 0.6) is 0 Å². The van der Waals surface area contributed by atoms with Gasteiger partial charge in [-0.25, -0.2) is 0 Å². The third-order valence-corrected chi connectivity index (χ3v) is 1.90. The van der Waals surface area contributed by atoms with E-state index in [9.17, 15) is 4.79 Å². The molecule has 1 saturated heterocycles. The lowest BCUT2D eigenvalue weighted by atomic mass is 10.2. The van der Waals surface area contributed by atoms with Gasteiger partial charge < -0.3 is 9.47 Å². The lowest BCUT2D eigenvalue weighted by Crippen LogP contribution is -2.23. The molecule has 0 aliphatic carbocycles. The summed E-state index contributed by atoms with van der Waals surface area (Å²) in [5.41, 5.74) is 0. The minimum Gasteiger partial charge on any atom is -0.353 e. The number of rotatable bonds is 4. The largest absolute Gasteiger partial charge is 0.353 e. The van der Waals surface area contributed by atoms with Gasteiger partial charge in [-0.15, -0.1) is 0 Å². The van der Waals surface area contributed by atoms with E-state index in [2.05, 4.69) is 0 Å². The highest BCUT2D eigenvalue weighted by Crippen LogP contribution is 2.13. The van der Waals surface area contributed by atoms with Gasteiger partial charge >= 0.3 is 0 Å². The van der Waals surface area contributed by atoms with Crippen molar-refractivity contribution in [2.75, 3.05) is 13.2 Å². The Morgan fingerprint density at radius 2 is 2.42 bits per heavy atom. The van der Waals surface area contributed by atoms with E-state index >= 15 is 0 Å². The van der Waals surface area contributed by atoms with Crippen molar-refractivity contribution in [2.45, 2.75) is 38.9 Å². The Bertz CT molecular complexity index is 139. The summed E-state index contributed by atoms with van der Waals surface area (Å²) in [6, 6.07) is 0. The van der Waals surface area contributed by atoms with Crippen molar-refractivity contribution in [3.63, 3.8) is 0 Å². The molecule has 3 heteroatoms. The van der Waals surface area contributed by atoms with Crippen LogP contribution in [-0.4, -0.2) is 25.3 Å². The zero-order valence-corrected chi connectivity index (χ0v) is 7.54. The number of hydrogen-bond acceptors (Lipinski definition) is 3. The normalized spacial score (nSPS) is 23.9. The molecule has 1 heterocycles. The van der Waals surface area contributed by atoms with Crippen molar-refractivity contribution >= 4 is 5.78 Å². The second kappa shape index (κ2) is 5.27. The summed E-state index contributed by atoms with van der Waals surface area (Å²) in [5.74, 6) is 0.172. The van der Waals surface area contributed by atoms with Crippen LogP contribution >= 0.6 is 0 Å². The minimum atomic E-state index is -0.0573. The second-order valence-electron chi connectivity index (χ2n) is 3.12. The SMILES string of the molecule is CC(=O)CCO[C@H]1CCCCO1. The van der Waals surface area contributed by atoms with E-state index < -0.39 is 0 Å². The van der Waals surface area contributed by atoms with Gasteiger partial charge in [0.2, 0.25) is 0 Å². The summed E-state index contributed by atoms with van der Waals surface area (Å²) >= 11 is 0. The van der Waals surface area contributed by atoms with Crippen LogP contribution in [0.1, 0.15) is 32.6 Å². The van der Waals surface area contributed by atoms with Crippen molar-refractivity contribution in [1.82, 2.24) is 0 Å². The average Bonchev–Trinajstić information content (AvgIpc) is 2.05. The van der Waals surface area contributed by atoms with Gasteiger partial charge in [0.25, 0.3) is 0 Å². The van der Waals surface area contributed by atoms with Crippen LogP contribution in [0.3, 0.4) is 0 Å². The molecule has 70 valence electrons. The maximum atomic E-state index is 10.6. The molecule has 1 aliphatic heterocycles. The van der Waals surface area contributed by atoms with Gasteiger partial charge in [-0.05, 0) is 26.2 Å². The highest BCUT2D eigenvalue weighted by atomic mass is 16.7. The molecule has 0 bridgehead atoms. The van der Waals surface area contributed by atoms with Crippen LogP contribution in [0.2, 0.25) is 0 Å². The maximum absolute atomic E-state index is 10.6. The summed E-state index contributed by atoms with van der Waals surface area (Å²) in [6.07, 6.45) is 3.72. The zero-order valence-electron chi connectivity index (χ0n) is 7.54. The van der Waals surface area contributed by atoms with E-state index in [4.69, 9.17) is 9.47 Å². The number of Topliss-reactive ketones (excluding diaryl/α,β-unsaturated/α-hetero) is 1. The van der Waals surface area contributed by atoms with Gasteiger partial charge in [0.1, 0.15) is 5.78 Å². The fourth-order valence-electron chi connectivity index (χ4n) is 1.18. The van der Waals surface area contributed by atoms with E-state index in [0.717, 1.165) is 19.4 Å². The highest BCUT2D eigenvalue weighted by Gasteiger charge is 2.13. The smallest absolute Gasteiger partial charge is 0.157 e. The van der Waals surface area contributed by atoms with Crippen LogP contribution in [0.25, 0.3) is 0 Å². The first-order chi connectivity index (χ1) is 5.79. The Balaban J connectivity index is 2.01. The summed E-state index contributed by atoms with van der Waals surface area (Å²) < 4.78 is 10.7. The fraction of sp³-hybridized carbons (Fsp3) is 0.889. The van der Waals surface area contributed by atoms with Crippen LogP contribution in [0.15, 0.2) is 0 Å². The zero-order chi connectivity index (χ0) is 8.81. The molecular weight excluding hydrogens is 156 g/mol. The molecule has 0 aromatic carbocycles. The predicted octanol–water partition coefficient (Wildman–Crippen LogP) is 1.51. The molecule has 1 rings (SSSR count). The van der Waals surface area contributed by atoms with Crippen LogP contribution in [0, 0.1) is 0 Å². The number of hydrogen-bond donors (Lipinski definition) is 0. The maximum Gasteiger partial charge on any atom is 0.157 e. The van der Waals surface area contributed by atoms with Gasteiger partial charge in [-0.3, -0.25) is 4.79 Å². The molecule has 1 atom stereocenters. The molecule has 0 aromatic heterocycles. The molecule has 12 heavy (non-hydrogen) atoms. The van der Waals surface area contributed by atoms with Gasteiger partial charge in [-0.1, -0.05) is 0 Å². The Kier molecular flexibility index (Phi) is 4.25. The number of carbonyl (C=O) groups is 1. The van der Waals surface area contributed by atoms with Crippen molar-refractivity contribution < 1.29 is 14.3 Å².